The summed E-state index contributed by atoms with van der Waals surface area (Å²) in [7, 11) is -3.70. The molecule has 106 valence electrons. The lowest BCUT2D eigenvalue weighted by atomic mass is 10.1. The van der Waals surface area contributed by atoms with Gasteiger partial charge in [0.15, 0.2) is 0 Å². The van der Waals surface area contributed by atoms with E-state index >= 15 is 0 Å². The molecule has 0 amide bonds. The van der Waals surface area contributed by atoms with Gasteiger partial charge in [0.05, 0.1) is 27.9 Å². The van der Waals surface area contributed by atoms with Gasteiger partial charge in [-0.3, -0.25) is 4.31 Å². The van der Waals surface area contributed by atoms with E-state index < -0.39 is 10.0 Å². The van der Waals surface area contributed by atoms with Crippen molar-refractivity contribution in [1.29, 1.82) is 5.26 Å². The predicted octanol–water partition coefficient (Wildman–Crippen LogP) is 1.89. The number of nitrogen functional groups attached to an aromatic ring is 1. The topological polar surface area (TPSA) is 87.2 Å². The molecule has 1 heterocycles. The summed E-state index contributed by atoms with van der Waals surface area (Å²) in [4.78, 5) is 0.109. The molecule has 0 saturated heterocycles. The van der Waals surface area contributed by atoms with Gasteiger partial charge in [-0.05, 0) is 36.2 Å². The molecule has 6 heteroatoms. The molecule has 1 aliphatic heterocycles. The number of benzene rings is 2. The summed E-state index contributed by atoms with van der Waals surface area (Å²) in [6, 6.07) is 13.4. The maximum atomic E-state index is 12.8. The molecule has 0 atom stereocenters. The van der Waals surface area contributed by atoms with Crippen LogP contribution < -0.4 is 10.0 Å². The number of nitrogens with zero attached hydrogens (tertiary/aromatic N) is 2. The Morgan fingerprint density at radius 3 is 2.71 bits per heavy atom. The molecule has 0 aliphatic carbocycles. The highest BCUT2D eigenvalue weighted by Crippen LogP contribution is 2.37. The van der Waals surface area contributed by atoms with Crippen LogP contribution >= 0.6 is 0 Å². The summed E-state index contributed by atoms with van der Waals surface area (Å²) < 4.78 is 26.9. The van der Waals surface area contributed by atoms with E-state index in [1.807, 2.05) is 18.2 Å². The van der Waals surface area contributed by atoms with Crippen LogP contribution in [0.1, 0.15) is 11.1 Å². The lowest BCUT2D eigenvalue weighted by Crippen LogP contribution is -2.29. The van der Waals surface area contributed by atoms with Crippen LogP contribution in [-0.2, 0) is 16.4 Å². The highest BCUT2D eigenvalue weighted by atomic mass is 32.2. The van der Waals surface area contributed by atoms with Crippen LogP contribution in [0, 0.1) is 11.3 Å². The SMILES string of the molecule is N#Cc1cccc(S(=O)(=O)N2CCc3cccc(N)c32)c1. The first-order valence-corrected chi connectivity index (χ1v) is 7.88. The molecule has 0 unspecified atom stereocenters. The Labute approximate surface area is 123 Å². The minimum absolute atomic E-state index is 0.109. The third kappa shape index (κ3) is 2.12. The molecule has 2 N–H and O–H groups in total. The molecule has 0 radical (unpaired) electrons. The van der Waals surface area contributed by atoms with Crippen molar-refractivity contribution in [2.24, 2.45) is 0 Å². The third-order valence-electron chi connectivity index (χ3n) is 3.54. The molecular formula is C15H13N3O2S. The van der Waals surface area contributed by atoms with Crippen LogP contribution in [0.2, 0.25) is 0 Å². The van der Waals surface area contributed by atoms with Crippen LogP contribution in [0.5, 0.6) is 0 Å². The molecule has 1 aliphatic rings. The Balaban J connectivity index is 2.12. The van der Waals surface area contributed by atoms with Gasteiger partial charge in [0.2, 0.25) is 0 Å². The number of para-hydroxylation sites is 1. The second-order valence-corrected chi connectivity index (χ2v) is 6.68. The number of hydrogen-bond donors (Lipinski definition) is 1. The lowest BCUT2D eigenvalue weighted by Gasteiger charge is -2.21. The molecule has 0 fully saturated rings. The number of sulfonamides is 1. The predicted molar refractivity (Wildman–Crippen MR) is 80.2 cm³/mol. The van der Waals surface area contributed by atoms with Crippen molar-refractivity contribution in [3.8, 4) is 6.07 Å². The second kappa shape index (κ2) is 4.79. The second-order valence-electron chi connectivity index (χ2n) is 4.82. The number of nitrogens with two attached hydrogens (primary N) is 1. The molecule has 0 aromatic heterocycles. The van der Waals surface area contributed by atoms with Crippen molar-refractivity contribution in [2.45, 2.75) is 11.3 Å². The van der Waals surface area contributed by atoms with Gasteiger partial charge in [0, 0.05) is 6.54 Å². The largest absolute Gasteiger partial charge is 0.397 e. The van der Waals surface area contributed by atoms with Gasteiger partial charge in [0.1, 0.15) is 0 Å². The average Bonchev–Trinajstić information content (AvgIpc) is 2.93. The van der Waals surface area contributed by atoms with Crippen molar-refractivity contribution < 1.29 is 8.42 Å². The first-order chi connectivity index (χ1) is 10.0. The highest BCUT2D eigenvalue weighted by molar-refractivity contribution is 7.92. The minimum atomic E-state index is -3.70. The number of fused-ring (bicyclic) bond motifs is 1. The summed E-state index contributed by atoms with van der Waals surface area (Å²) in [6.45, 7) is 0.364. The fourth-order valence-electron chi connectivity index (χ4n) is 2.54. The zero-order chi connectivity index (χ0) is 15.0. The molecule has 2 aromatic carbocycles. The molecule has 2 aromatic rings. The Morgan fingerprint density at radius 1 is 1.19 bits per heavy atom. The molecule has 3 rings (SSSR count). The maximum Gasteiger partial charge on any atom is 0.264 e. The van der Waals surface area contributed by atoms with Crippen molar-refractivity contribution in [1.82, 2.24) is 0 Å². The quantitative estimate of drug-likeness (QED) is 0.858. The molecule has 0 bridgehead atoms. The van der Waals surface area contributed by atoms with Gasteiger partial charge in [0.25, 0.3) is 10.0 Å². The van der Waals surface area contributed by atoms with Gasteiger partial charge in [-0.1, -0.05) is 18.2 Å². The Kier molecular flexibility index (Phi) is 3.07. The summed E-state index contributed by atoms with van der Waals surface area (Å²) in [5.41, 5.74) is 8.18. The fraction of sp³-hybridized carbons (Fsp3) is 0.133. The van der Waals surface area contributed by atoms with E-state index in [4.69, 9.17) is 11.0 Å². The summed E-state index contributed by atoms with van der Waals surface area (Å²) >= 11 is 0. The van der Waals surface area contributed by atoms with E-state index in [2.05, 4.69) is 0 Å². The Bertz CT molecular complexity index is 853. The Morgan fingerprint density at radius 2 is 1.95 bits per heavy atom. The van der Waals surface area contributed by atoms with Crippen LogP contribution in [0.4, 0.5) is 11.4 Å². The normalized spacial score (nSPS) is 13.8. The molecular weight excluding hydrogens is 286 g/mol. The number of rotatable bonds is 2. The highest BCUT2D eigenvalue weighted by Gasteiger charge is 2.32. The molecule has 0 spiro atoms. The zero-order valence-electron chi connectivity index (χ0n) is 11.2. The fourth-order valence-corrected chi connectivity index (χ4v) is 4.12. The summed E-state index contributed by atoms with van der Waals surface area (Å²) in [5, 5.41) is 8.92. The van der Waals surface area contributed by atoms with E-state index in [1.54, 1.807) is 18.2 Å². The van der Waals surface area contributed by atoms with E-state index in [0.717, 1.165) is 5.56 Å². The zero-order valence-corrected chi connectivity index (χ0v) is 12.0. The number of hydrogen-bond acceptors (Lipinski definition) is 4. The van der Waals surface area contributed by atoms with E-state index in [-0.39, 0.29) is 4.90 Å². The first-order valence-electron chi connectivity index (χ1n) is 6.44. The smallest absolute Gasteiger partial charge is 0.264 e. The third-order valence-corrected chi connectivity index (χ3v) is 5.33. The van der Waals surface area contributed by atoms with Gasteiger partial charge in [-0.2, -0.15) is 5.26 Å². The standard InChI is InChI=1S/C15H13N3O2S/c16-10-11-3-1-5-13(9-11)21(19,20)18-8-7-12-4-2-6-14(17)15(12)18/h1-6,9H,7-8,17H2. The molecule has 21 heavy (non-hydrogen) atoms. The van der Waals surface area contributed by atoms with E-state index in [1.165, 1.54) is 16.4 Å². The summed E-state index contributed by atoms with van der Waals surface area (Å²) in [6.07, 6.45) is 0.636. The van der Waals surface area contributed by atoms with Gasteiger partial charge in [-0.25, -0.2) is 8.42 Å². The Hall–Kier alpha value is -2.52. The van der Waals surface area contributed by atoms with Gasteiger partial charge < -0.3 is 5.73 Å². The lowest BCUT2D eigenvalue weighted by molar-refractivity contribution is 0.592. The van der Waals surface area contributed by atoms with Crippen molar-refractivity contribution >= 4 is 21.4 Å². The van der Waals surface area contributed by atoms with Crippen LogP contribution in [0.15, 0.2) is 47.4 Å². The van der Waals surface area contributed by atoms with Crippen molar-refractivity contribution in [3.63, 3.8) is 0 Å². The number of nitriles is 1. The number of anilines is 2. The molecule has 5 nitrogen and oxygen atoms in total. The van der Waals surface area contributed by atoms with E-state index in [9.17, 15) is 8.42 Å². The monoisotopic (exact) mass is 299 g/mol. The molecule has 0 saturated carbocycles. The van der Waals surface area contributed by atoms with Gasteiger partial charge >= 0.3 is 0 Å². The van der Waals surface area contributed by atoms with Crippen LogP contribution in [-0.4, -0.2) is 15.0 Å². The van der Waals surface area contributed by atoms with Crippen LogP contribution in [0.25, 0.3) is 0 Å². The minimum Gasteiger partial charge on any atom is -0.397 e. The van der Waals surface area contributed by atoms with Gasteiger partial charge in [-0.15, -0.1) is 0 Å². The van der Waals surface area contributed by atoms with Crippen molar-refractivity contribution in [2.75, 3.05) is 16.6 Å². The van der Waals surface area contributed by atoms with Crippen molar-refractivity contribution in [3.05, 3.63) is 53.6 Å². The summed E-state index contributed by atoms with van der Waals surface area (Å²) in [5.74, 6) is 0. The first kappa shape index (κ1) is 13.5. The average molecular weight is 299 g/mol. The van der Waals surface area contributed by atoms with Crippen LogP contribution in [0.3, 0.4) is 0 Å². The maximum absolute atomic E-state index is 12.8. The van der Waals surface area contributed by atoms with E-state index in [0.29, 0.717) is 29.9 Å².